The molecule has 0 heterocycles. The van der Waals surface area contributed by atoms with Crippen molar-refractivity contribution in [1.29, 1.82) is 0 Å². The molecule has 1 aromatic rings. The van der Waals surface area contributed by atoms with Crippen LogP contribution < -0.4 is 5.73 Å². The minimum Gasteiger partial charge on any atom is -0.398 e. The molecule has 1 rings (SSSR count). The van der Waals surface area contributed by atoms with Gasteiger partial charge in [0.1, 0.15) is 4.90 Å². The van der Waals surface area contributed by atoms with Crippen LogP contribution in [0.4, 0.5) is 11.4 Å². The van der Waals surface area contributed by atoms with Crippen LogP contribution in [-0.2, 0) is 10.0 Å². The largest absolute Gasteiger partial charge is 0.398 e. The van der Waals surface area contributed by atoms with E-state index in [-0.39, 0.29) is 16.3 Å². The average Bonchev–Trinajstić information content (AvgIpc) is 2.37. The minimum atomic E-state index is -3.89. The highest BCUT2D eigenvalue weighted by atomic mass is 32.2. The van der Waals surface area contributed by atoms with Gasteiger partial charge in [-0.1, -0.05) is 6.92 Å². The molecule has 7 nitrogen and oxygen atoms in total. The Labute approximate surface area is 118 Å². The number of nitro benzene ring substituents is 1. The van der Waals surface area contributed by atoms with E-state index in [4.69, 9.17) is 5.73 Å². The van der Waals surface area contributed by atoms with Gasteiger partial charge in [-0.05, 0) is 26.3 Å². The second-order valence-corrected chi connectivity index (χ2v) is 7.06. The quantitative estimate of drug-likeness (QED) is 0.508. The van der Waals surface area contributed by atoms with E-state index in [1.54, 1.807) is 13.8 Å². The molecular formula is C12H19N3O4S. The van der Waals surface area contributed by atoms with Gasteiger partial charge >= 0.3 is 0 Å². The van der Waals surface area contributed by atoms with E-state index in [0.717, 1.165) is 6.07 Å². The molecule has 0 amide bonds. The highest BCUT2D eigenvalue weighted by Gasteiger charge is 2.34. The van der Waals surface area contributed by atoms with Crippen LogP contribution in [0.15, 0.2) is 23.1 Å². The summed E-state index contributed by atoms with van der Waals surface area (Å²) in [5.41, 5.74) is 4.74. The molecule has 0 fully saturated rings. The number of anilines is 1. The van der Waals surface area contributed by atoms with E-state index in [0.29, 0.717) is 6.42 Å². The molecule has 112 valence electrons. The molecule has 20 heavy (non-hydrogen) atoms. The third-order valence-corrected chi connectivity index (χ3v) is 5.69. The summed E-state index contributed by atoms with van der Waals surface area (Å²) in [5, 5.41) is 10.8. The Morgan fingerprint density at radius 1 is 1.40 bits per heavy atom. The first kappa shape index (κ1) is 16.4. The number of hydrogen-bond acceptors (Lipinski definition) is 5. The van der Waals surface area contributed by atoms with Crippen molar-refractivity contribution >= 4 is 21.4 Å². The summed E-state index contributed by atoms with van der Waals surface area (Å²) >= 11 is 0. The maximum Gasteiger partial charge on any atom is 0.270 e. The fourth-order valence-electron chi connectivity index (χ4n) is 1.56. The first-order valence-corrected chi connectivity index (χ1v) is 7.51. The predicted molar refractivity (Wildman–Crippen MR) is 76.8 cm³/mol. The maximum absolute atomic E-state index is 12.6. The third-order valence-electron chi connectivity index (χ3n) is 3.56. The smallest absolute Gasteiger partial charge is 0.270 e. The van der Waals surface area contributed by atoms with Crippen LogP contribution in [0.5, 0.6) is 0 Å². The summed E-state index contributed by atoms with van der Waals surface area (Å²) < 4.78 is 26.3. The Morgan fingerprint density at radius 2 is 1.95 bits per heavy atom. The van der Waals surface area contributed by atoms with Gasteiger partial charge in [0.05, 0.1) is 10.6 Å². The fourth-order valence-corrected chi connectivity index (χ4v) is 3.27. The van der Waals surface area contributed by atoms with Crippen molar-refractivity contribution in [2.24, 2.45) is 0 Å². The van der Waals surface area contributed by atoms with E-state index in [2.05, 4.69) is 0 Å². The lowest BCUT2D eigenvalue weighted by Gasteiger charge is -2.33. The Kier molecular flexibility index (Phi) is 4.40. The maximum atomic E-state index is 12.6. The minimum absolute atomic E-state index is 0.00523. The molecule has 0 radical (unpaired) electrons. The number of nitro groups is 1. The van der Waals surface area contributed by atoms with Crippen LogP contribution in [0.25, 0.3) is 0 Å². The highest BCUT2D eigenvalue weighted by Crippen LogP contribution is 2.30. The number of nitrogens with two attached hydrogens (primary N) is 1. The Hall–Kier alpha value is -1.67. The molecule has 0 unspecified atom stereocenters. The highest BCUT2D eigenvalue weighted by molar-refractivity contribution is 7.89. The molecule has 1 aromatic carbocycles. The first-order valence-electron chi connectivity index (χ1n) is 6.07. The second-order valence-electron chi connectivity index (χ2n) is 5.12. The van der Waals surface area contributed by atoms with Crippen molar-refractivity contribution in [3.05, 3.63) is 28.3 Å². The van der Waals surface area contributed by atoms with E-state index < -0.39 is 20.5 Å². The lowest BCUT2D eigenvalue weighted by Crippen LogP contribution is -2.44. The van der Waals surface area contributed by atoms with Crippen molar-refractivity contribution < 1.29 is 13.3 Å². The normalized spacial score (nSPS) is 12.7. The van der Waals surface area contributed by atoms with Crippen molar-refractivity contribution in [2.45, 2.75) is 37.6 Å². The van der Waals surface area contributed by atoms with Crippen LogP contribution in [0.2, 0.25) is 0 Å². The predicted octanol–water partition coefficient (Wildman–Crippen LogP) is 1.99. The van der Waals surface area contributed by atoms with Crippen molar-refractivity contribution in [3.63, 3.8) is 0 Å². The van der Waals surface area contributed by atoms with Gasteiger partial charge in [-0.2, -0.15) is 4.31 Å². The van der Waals surface area contributed by atoms with Crippen LogP contribution in [0.3, 0.4) is 0 Å². The molecule has 0 aliphatic heterocycles. The molecule has 0 aromatic heterocycles. The van der Waals surface area contributed by atoms with Gasteiger partial charge in [0.25, 0.3) is 5.69 Å². The zero-order valence-corrected chi connectivity index (χ0v) is 12.8. The van der Waals surface area contributed by atoms with Crippen LogP contribution in [0, 0.1) is 10.1 Å². The summed E-state index contributed by atoms with van der Waals surface area (Å²) in [6, 6.07) is 3.41. The molecule has 8 heteroatoms. The summed E-state index contributed by atoms with van der Waals surface area (Å²) in [7, 11) is -2.45. The second kappa shape index (κ2) is 5.37. The van der Waals surface area contributed by atoms with Gasteiger partial charge in [-0.25, -0.2) is 8.42 Å². The first-order chi connectivity index (χ1) is 9.04. The van der Waals surface area contributed by atoms with Gasteiger partial charge in [-0.15, -0.1) is 0 Å². The molecule has 0 bridgehead atoms. The number of hydrogen-bond donors (Lipinski definition) is 1. The van der Waals surface area contributed by atoms with E-state index in [1.807, 2.05) is 6.92 Å². The Morgan fingerprint density at radius 3 is 2.40 bits per heavy atom. The van der Waals surface area contributed by atoms with Crippen molar-refractivity contribution in [1.82, 2.24) is 4.31 Å². The summed E-state index contributed by atoms with van der Waals surface area (Å²) in [6.45, 7) is 5.42. The zero-order chi connectivity index (χ0) is 15.7. The molecular weight excluding hydrogens is 282 g/mol. The Balaban J connectivity index is 3.43. The SMILES string of the molecule is CCC(C)(C)N(C)S(=O)(=O)c1cc([N+](=O)[O-])ccc1N. The van der Waals surface area contributed by atoms with Gasteiger partial charge in [0, 0.05) is 24.7 Å². The number of benzene rings is 1. The monoisotopic (exact) mass is 301 g/mol. The van der Waals surface area contributed by atoms with Crippen LogP contribution >= 0.6 is 0 Å². The van der Waals surface area contributed by atoms with E-state index >= 15 is 0 Å². The lowest BCUT2D eigenvalue weighted by atomic mass is 10.0. The lowest BCUT2D eigenvalue weighted by molar-refractivity contribution is -0.385. The fraction of sp³-hybridized carbons (Fsp3) is 0.500. The summed E-state index contributed by atoms with van der Waals surface area (Å²) in [6.07, 6.45) is 0.595. The Bertz CT molecular complexity index is 626. The topological polar surface area (TPSA) is 107 Å². The van der Waals surface area contributed by atoms with Gasteiger partial charge in [0.2, 0.25) is 10.0 Å². The molecule has 0 aliphatic rings. The van der Waals surface area contributed by atoms with Gasteiger partial charge in [0.15, 0.2) is 0 Å². The van der Waals surface area contributed by atoms with Gasteiger partial charge < -0.3 is 5.73 Å². The standard InChI is InChI=1S/C12H19N3O4S/c1-5-12(2,3)14(4)20(18,19)11-8-9(15(16)17)6-7-10(11)13/h6-8H,5,13H2,1-4H3. The number of nitrogen functional groups attached to an aromatic ring is 1. The number of nitrogens with zero attached hydrogens (tertiary/aromatic N) is 2. The van der Waals surface area contributed by atoms with Crippen molar-refractivity contribution in [2.75, 3.05) is 12.8 Å². The molecule has 2 N–H and O–H groups in total. The summed E-state index contributed by atoms with van der Waals surface area (Å²) in [5.74, 6) is 0. The van der Waals surface area contributed by atoms with Crippen LogP contribution in [0.1, 0.15) is 27.2 Å². The average molecular weight is 301 g/mol. The number of rotatable bonds is 5. The molecule has 0 spiro atoms. The molecule has 0 atom stereocenters. The number of sulfonamides is 1. The molecule has 0 saturated carbocycles. The molecule has 0 saturated heterocycles. The third kappa shape index (κ3) is 2.91. The van der Waals surface area contributed by atoms with E-state index in [9.17, 15) is 18.5 Å². The van der Waals surface area contributed by atoms with Crippen molar-refractivity contribution in [3.8, 4) is 0 Å². The summed E-state index contributed by atoms with van der Waals surface area (Å²) in [4.78, 5) is 9.88. The van der Waals surface area contributed by atoms with Crippen LogP contribution in [-0.4, -0.2) is 30.2 Å². The van der Waals surface area contributed by atoms with Gasteiger partial charge in [-0.3, -0.25) is 10.1 Å². The zero-order valence-electron chi connectivity index (χ0n) is 12.0. The molecule has 0 aliphatic carbocycles. The number of non-ortho nitro benzene ring substituents is 1. The van der Waals surface area contributed by atoms with E-state index in [1.165, 1.54) is 23.5 Å².